The molecule has 0 saturated heterocycles. The molecule has 2 nitrogen and oxygen atoms in total. The summed E-state index contributed by atoms with van der Waals surface area (Å²) in [6, 6.07) is 11.1. The Morgan fingerprint density at radius 2 is 1.60 bits per heavy atom. The fourth-order valence-corrected chi connectivity index (χ4v) is 2.34. The van der Waals surface area contributed by atoms with Gasteiger partial charge in [0.2, 0.25) is 0 Å². The second kappa shape index (κ2) is 7.19. The van der Waals surface area contributed by atoms with Gasteiger partial charge in [0.15, 0.2) is 0 Å². The van der Waals surface area contributed by atoms with Crippen molar-refractivity contribution in [3.05, 3.63) is 62.6 Å². The largest absolute Gasteiger partial charge is 0.487 e. The molecule has 0 atom stereocenters. The third-order valence-electron chi connectivity index (χ3n) is 2.76. The SMILES string of the molecule is CNCc1ccc(OCc2ccc(Cl)c(Cl)c2)c(Cl)c1. The van der Waals surface area contributed by atoms with Gasteiger partial charge in [0.1, 0.15) is 12.4 Å². The minimum Gasteiger partial charge on any atom is -0.487 e. The smallest absolute Gasteiger partial charge is 0.138 e. The molecule has 0 saturated carbocycles. The maximum absolute atomic E-state index is 6.19. The van der Waals surface area contributed by atoms with Gasteiger partial charge in [-0.05, 0) is 42.4 Å². The van der Waals surface area contributed by atoms with E-state index < -0.39 is 0 Å². The highest BCUT2D eigenvalue weighted by Crippen LogP contribution is 2.27. The molecule has 106 valence electrons. The zero-order valence-electron chi connectivity index (χ0n) is 10.9. The van der Waals surface area contributed by atoms with Crippen LogP contribution >= 0.6 is 34.8 Å². The Labute approximate surface area is 133 Å². The molecule has 0 spiro atoms. The lowest BCUT2D eigenvalue weighted by Crippen LogP contribution is -2.05. The van der Waals surface area contributed by atoms with Gasteiger partial charge in [0, 0.05) is 6.54 Å². The normalized spacial score (nSPS) is 10.6. The Bertz CT molecular complexity index is 602. The lowest BCUT2D eigenvalue weighted by molar-refractivity contribution is 0.306. The predicted octanol–water partition coefficient (Wildman–Crippen LogP) is 4.95. The molecule has 0 amide bonds. The monoisotopic (exact) mass is 329 g/mol. The molecule has 0 aliphatic carbocycles. The molecule has 0 radical (unpaired) electrons. The van der Waals surface area contributed by atoms with Crippen molar-refractivity contribution in [2.24, 2.45) is 0 Å². The number of hydrogen-bond acceptors (Lipinski definition) is 2. The standard InChI is InChI=1S/C15H14Cl3NO/c1-19-8-10-3-5-15(14(18)6-10)20-9-11-2-4-12(16)13(17)7-11/h2-7,19H,8-9H2,1H3. The van der Waals surface area contributed by atoms with E-state index in [2.05, 4.69) is 5.32 Å². The molecule has 0 aliphatic rings. The van der Waals surface area contributed by atoms with Gasteiger partial charge in [-0.15, -0.1) is 0 Å². The quantitative estimate of drug-likeness (QED) is 0.838. The van der Waals surface area contributed by atoms with Crippen LogP contribution in [0.25, 0.3) is 0 Å². The third kappa shape index (κ3) is 4.03. The lowest BCUT2D eigenvalue weighted by Gasteiger charge is -2.10. The van der Waals surface area contributed by atoms with Gasteiger partial charge >= 0.3 is 0 Å². The summed E-state index contributed by atoms with van der Waals surface area (Å²) in [5, 5.41) is 4.72. The van der Waals surface area contributed by atoms with E-state index in [1.54, 1.807) is 12.1 Å². The van der Waals surface area contributed by atoms with E-state index in [9.17, 15) is 0 Å². The highest BCUT2D eigenvalue weighted by molar-refractivity contribution is 6.42. The topological polar surface area (TPSA) is 21.3 Å². The number of nitrogens with one attached hydrogen (secondary N) is 1. The van der Waals surface area contributed by atoms with Crippen LogP contribution in [-0.2, 0) is 13.2 Å². The zero-order valence-corrected chi connectivity index (χ0v) is 13.2. The molecular weight excluding hydrogens is 317 g/mol. The first-order chi connectivity index (χ1) is 9.60. The van der Waals surface area contributed by atoms with E-state index in [0.717, 1.165) is 17.7 Å². The van der Waals surface area contributed by atoms with Crippen molar-refractivity contribution >= 4 is 34.8 Å². The van der Waals surface area contributed by atoms with E-state index in [4.69, 9.17) is 39.5 Å². The molecule has 2 rings (SSSR count). The average molecular weight is 331 g/mol. The maximum Gasteiger partial charge on any atom is 0.138 e. The van der Waals surface area contributed by atoms with Crippen molar-refractivity contribution in [1.29, 1.82) is 0 Å². The van der Waals surface area contributed by atoms with Gasteiger partial charge in [0.25, 0.3) is 0 Å². The van der Waals surface area contributed by atoms with Crippen molar-refractivity contribution in [3.8, 4) is 5.75 Å². The molecule has 0 aliphatic heterocycles. The number of ether oxygens (including phenoxy) is 1. The minimum atomic E-state index is 0.391. The predicted molar refractivity (Wildman–Crippen MR) is 85.0 cm³/mol. The van der Waals surface area contributed by atoms with E-state index in [-0.39, 0.29) is 0 Å². The van der Waals surface area contributed by atoms with Crippen molar-refractivity contribution in [2.45, 2.75) is 13.2 Å². The van der Waals surface area contributed by atoms with Gasteiger partial charge < -0.3 is 10.1 Å². The van der Waals surface area contributed by atoms with Gasteiger partial charge in [0.05, 0.1) is 15.1 Å². The third-order valence-corrected chi connectivity index (χ3v) is 3.79. The van der Waals surface area contributed by atoms with Gasteiger partial charge in [-0.25, -0.2) is 0 Å². The summed E-state index contributed by atoms with van der Waals surface area (Å²) in [5.74, 6) is 0.651. The molecule has 2 aromatic rings. The van der Waals surface area contributed by atoms with Crippen LogP contribution in [0.1, 0.15) is 11.1 Å². The van der Waals surface area contributed by atoms with E-state index >= 15 is 0 Å². The Morgan fingerprint density at radius 3 is 2.25 bits per heavy atom. The van der Waals surface area contributed by atoms with Crippen LogP contribution in [0.3, 0.4) is 0 Å². The second-order valence-corrected chi connectivity index (χ2v) is 5.55. The number of halogens is 3. The summed E-state index contributed by atoms with van der Waals surface area (Å²) in [6.45, 7) is 1.16. The maximum atomic E-state index is 6.19. The highest BCUT2D eigenvalue weighted by Gasteiger charge is 2.05. The van der Waals surface area contributed by atoms with Crippen LogP contribution in [0.4, 0.5) is 0 Å². The molecule has 0 unspecified atom stereocenters. The van der Waals surface area contributed by atoms with Crippen molar-refractivity contribution in [2.75, 3.05) is 7.05 Å². The van der Waals surface area contributed by atoms with Crippen LogP contribution < -0.4 is 10.1 Å². The Morgan fingerprint density at radius 1 is 0.900 bits per heavy atom. The molecular formula is C15H14Cl3NO. The fourth-order valence-electron chi connectivity index (χ4n) is 1.77. The Kier molecular flexibility index (Phi) is 5.55. The summed E-state index contributed by atoms with van der Waals surface area (Å²) in [4.78, 5) is 0. The molecule has 0 fully saturated rings. The minimum absolute atomic E-state index is 0.391. The number of rotatable bonds is 5. The number of benzene rings is 2. The van der Waals surface area contributed by atoms with E-state index in [0.29, 0.717) is 27.4 Å². The summed E-state index contributed by atoms with van der Waals surface area (Å²) in [6.07, 6.45) is 0. The lowest BCUT2D eigenvalue weighted by atomic mass is 10.2. The van der Waals surface area contributed by atoms with Crippen LogP contribution in [0.5, 0.6) is 5.75 Å². The summed E-state index contributed by atoms with van der Waals surface area (Å²) in [7, 11) is 1.89. The van der Waals surface area contributed by atoms with Crippen LogP contribution in [0, 0.1) is 0 Å². The van der Waals surface area contributed by atoms with Crippen molar-refractivity contribution < 1.29 is 4.74 Å². The van der Waals surface area contributed by atoms with Crippen molar-refractivity contribution in [3.63, 3.8) is 0 Å². The highest BCUT2D eigenvalue weighted by atomic mass is 35.5. The second-order valence-electron chi connectivity index (χ2n) is 4.33. The molecule has 20 heavy (non-hydrogen) atoms. The van der Waals surface area contributed by atoms with Gasteiger partial charge in [-0.1, -0.05) is 46.9 Å². The first-order valence-electron chi connectivity index (χ1n) is 6.10. The van der Waals surface area contributed by atoms with Crippen LogP contribution in [0.15, 0.2) is 36.4 Å². The molecule has 2 aromatic carbocycles. The van der Waals surface area contributed by atoms with Crippen LogP contribution in [0.2, 0.25) is 15.1 Å². The van der Waals surface area contributed by atoms with Gasteiger partial charge in [-0.3, -0.25) is 0 Å². The molecule has 1 N–H and O–H groups in total. The Hall–Kier alpha value is -0.930. The molecule has 0 aromatic heterocycles. The average Bonchev–Trinajstić information content (AvgIpc) is 2.42. The molecule has 0 heterocycles. The summed E-state index contributed by atoms with van der Waals surface area (Å²) >= 11 is 18.0. The first-order valence-corrected chi connectivity index (χ1v) is 7.23. The van der Waals surface area contributed by atoms with E-state index in [1.807, 2.05) is 31.3 Å². The molecule has 5 heteroatoms. The zero-order chi connectivity index (χ0) is 14.5. The summed E-state index contributed by atoms with van der Waals surface area (Å²) < 4.78 is 5.70. The summed E-state index contributed by atoms with van der Waals surface area (Å²) in [5.41, 5.74) is 2.05. The fraction of sp³-hybridized carbons (Fsp3) is 0.200. The first kappa shape index (κ1) is 15.5. The Balaban J connectivity index is 2.05. The number of hydrogen-bond donors (Lipinski definition) is 1. The molecule has 0 bridgehead atoms. The van der Waals surface area contributed by atoms with Crippen molar-refractivity contribution in [1.82, 2.24) is 5.32 Å². The van der Waals surface area contributed by atoms with Gasteiger partial charge in [-0.2, -0.15) is 0 Å². The van der Waals surface area contributed by atoms with Crippen LogP contribution in [-0.4, -0.2) is 7.05 Å². The van der Waals surface area contributed by atoms with E-state index in [1.165, 1.54) is 0 Å².